The monoisotopic (exact) mass is 274 g/mol. The van der Waals surface area contributed by atoms with Crippen LogP contribution in [0.1, 0.15) is 18.0 Å². The number of urea groups is 1. The minimum Gasteiger partial charge on any atom is -0.467 e. The van der Waals surface area contributed by atoms with Crippen molar-refractivity contribution in [2.75, 3.05) is 6.54 Å². The van der Waals surface area contributed by atoms with Crippen molar-refractivity contribution in [2.45, 2.75) is 25.9 Å². The fourth-order valence-corrected chi connectivity index (χ4v) is 2.47. The molecule has 0 saturated heterocycles. The SMILES string of the molecule is O=C(NCc1ccco1)NC[C@@H]1CCn2ccnc2C1. The summed E-state index contributed by atoms with van der Waals surface area (Å²) in [7, 11) is 0. The molecule has 0 aliphatic carbocycles. The van der Waals surface area contributed by atoms with Gasteiger partial charge in [0.2, 0.25) is 0 Å². The van der Waals surface area contributed by atoms with Crippen LogP contribution in [0.3, 0.4) is 0 Å². The Kier molecular flexibility index (Phi) is 3.71. The molecular weight excluding hydrogens is 256 g/mol. The molecule has 0 aromatic carbocycles. The van der Waals surface area contributed by atoms with E-state index in [2.05, 4.69) is 20.2 Å². The van der Waals surface area contributed by atoms with Gasteiger partial charge in [0.25, 0.3) is 0 Å². The van der Waals surface area contributed by atoms with E-state index < -0.39 is 0 Å². The molecule has 106 valence electrons. The number of furan rings is 1. The summed E-state index contributed by atoms with van der Waals surface area (Å²) >= 11 is 0. The van der Waals surface area contributed by atoms with Gasteiger partial charge in [0, 0.05) is 31.9 Å². The molecule has 20 heavy (non-hydrogen) atoms. The molecule has 0 spiro atoms. The first kappa shape index (κ1) is 12.8. The first-order chi connectivity index (χ1) is 9.81. The van der Waals surface area contributed by atoms with E-state index in [4.69, 9.17) is 4.42 Å². The number of imidazole rings is 1. The standard InChI is InChI=1S/C14H18N4O2/c19-14(17-10-12-2-1-7-20-12)16-9-11-3-5-18-6-4-15-13(18)8-11/h1-2,4,6-7,11H,3,5,8-10H2,(H2,16,17,19)/t11-/m1/s1. The number of amides is 2. The molecule has 0 radical (unpaired) electrons. The summed E-state index contributed by atoms with van der Waals surface area (Å²) in [5.74, 6) is 2.32. The molecule has 2 aromatic heterocycles. The number of nitrogens with one attached hydrogen (secondary N) is 2. The highest BCUT2D eigenvalue weighted by Gasteiger charge is 2.19. The van der Waals surface area contributed by atoms with Crippen LogP contribution >= 0.6 is 0 Å². The first-order valence-corrected chi connectivity index (χ1v) is 6.85. The highest BCUT2D eigenvalue weighted by molar-refractivity contribution is 5.73. The summed E-state index contributed by atoms with van der Waals surface area (Å²) < 4.78 is 7.33. The van der Waals surface area contributed by atoms with Crippen LogP contribution in [0.25, 0.3) is 0 Å². The second-order valence-corrected chi connectivity index (χ2v) is 5.04. The van der Waals surface area contributed by atoms with Gasteiger partial charge < -0.3 is 19.6 Å². The van der Waals surface area contributed by atoms with E-state index in [9.17, 15) is 4.79 Å². The summed E-state index contributed by atoms with van der Waals surface area (Å²) in [6, 6.07) is 3.48. The van der Waals surface area contributed by atoms with E-state index in [0.717, 1.165) is 31.0 Å². The van der Waals surface area contributed by atoms with Crippen LogP contribution in [0.15, 0.2) is 35.2 Å². The van der Waals surface area contributed by atoms with Crippen molar-refractivity contribution < 1.29 is 9.21 Å². The summed E-state index contributed by atoms with van der Waals surface area (Å²) in [5.41, 5.74) is 0. The van der Waals surface area contributed by atoms with Gasteiger partial charge >= 0.3 is 6.03 Å². The van der Waals surface area contributed by atoms with E-state index in [0.29, 0.717) is 19.0 Å². The molecular formula is C14H18N4O2. The molecule has 3 rings (SSSR count). The van der Waals surface area contributed by atoms with Crippen LogP contribution in [0, 0.1) is 5.92 Å². The Labute approximate surface area is 117 Å². The zero-order chi connectivity index (χ0) is 13.8. The van der Waals surface area contributed by atoms with Crippen LogP contribution in [-0.4, -0.2) is 22.1 Å². The quantitative estimate of drug-likeness (QED) is 0.888. The predicted molar refractivity (Wildman–Crippen MR) is 73.0 cm³/mol. The molecule has 0 saturated carbocycles. The van der Waals surface area contributed by atoms with Gasteiger partial charge in [-0.2, -0.15) is 0 Å². The summed E-state index contributed by atoms with van der Waals surface area (Å²) in [6.07, 6.45) is 7.43. The molecule has 0 bridgehead atoms. The Morgan fingerprint density at radius 3 is 3.30 bits per heavy atom. The third kappa shape index (κ3) is 3.01. The number of nitrogens with zero attached hydrogens (tertiary/aromatic N) is 2. The number of carbonyl (C=O) groups is 1. The minimum atomic E-state index is -0.157. The van der Waals surface area contributed by atoms with Gasteiger partial charge in [-0.25, -0.2) is 9.78 Å². The fraction of sp³-hybridized carbons (Fsp3) is 0.429. The predicted octanol–water partition coefficient (Wildman–Crippen LogP) is 1.54. The number of hydrogen-bond acceptors (Lipinski definition) is 3. The van der Waals surface area contributed by atoms with Crippen molar-refractivity contribution in [1.29, 1.82) is 0 Å². The molecule has 2 aromatic rings. The van der Waals surface area contributed by atoms with E-state index >= 15 is 0 Å². The lowest BCUT2D eigenvalue weighted by atomic mass is 9.98. The normalized spacial score (nSPS) is 17.5. The molecule has 3 heterocycles. The van der Waals surface area contributed by atoms with Crippen molar-refractivity contribution in [1.82, 2.24) is 20.2 Å². The van der Waals surface area contributed by atoms with Gasteiger partial charge in [0.1, 0.15) is 11.6 Å². The van der Waals surface area contributed by atoms with Crippen LogP contribution in [0.5, 0.6) is 0 Å². The van der Waals surface area contributed by atoms with E-state index in [1.165, 1.54) is 0 Å². The summed E-state index contributed by atoms with van der Waals surface area (Å²) in [5, 5.41) is 5.68. The molecule has 2 amide bonds. The maximum absolute atomic E-state index is 11.7. The first-order valence-electron chi connectivity index (χ1n) is 6.85. The Bertz CT molecular complexity index is 562. The second kappa shape index (κ2) is 5.81. The van der Waals surface area contributed by atoms with Gasteiger partial charge in [-0.05, 0) is 24.5 Å². The minimum absolute atomic E-state index is 0.157. The van der Waals surface area contributed by atoms with Crippen LogP contribution in [-0.2, 0) is 19.5 Å². The van der Waals surface area contributed by atoms with E-state index in [1.54, 1.807) is 12.3 Å². The molecule has 1 atom stereocenters. The molecule has 1 aliphatic heterocycles. The number of fused-ring (bicyclic) bond motifs is 1. The van der Waals surface area contributed by atoms with Gasteiger partial charge in [-0.1, -0.05) is 0 Å². The van der Waals surface area contributed by atoms with E-state index in [1.807, 2.05) is 18.5 Å². The van der Waals surface area contributed by atoms with Crippen LogP contribution in [0.2, 0.25) is 0 Å². The average Bonchev–Trinajstić information content (AvgIpc) is 3.13. The van der Waals surface area contributed by atoms with Gasteiger partial charge in [0.15, 0.2) is 0 Å². The third-order valence-corrected chi connectivity index (χ3v) is 3.61. The number of aromatic nitrogens is 2. The van der Waals surface area contributed by atoms with Crippen molar-refractivity contribution in [3.63, 3.8) is 0 Å². The smallest absolute Gasteiger partial charge is 0.315 e. The second-order valence-electron chi connectivity index (χ2n) is 5.04. The Morgan fingerprint density at radius 1 is 1.50 bits per heavy atom. The molecule has 6 nitrogen and oxygen atoms in total. The third-order valence-electron chi connectivity index (χ3n) is 3.61. The lowest BCUT2D eigenvalue weighted by molar-refractivity contribution is 0.235. The van der Waals surface area contributed by atoms with Crippen LogP contribution in [0.4, 0.5) is 4.79 Å². The zero-order valence-corrected chi connectivity index (χ0v) is 11.2. The number of aryl methyl sites for hydroxylation is 1. The summed E-state index contributed by atoms with van der Waals surface area (Å²) in [4.78, 5) is 16.0. The van der Waals surface area contributed by atoms with Crippen molar-refractivity contribution >= 4 is 6.03 Å². The Hall–Kier alpha value is -2.24. The molecule has 1 aliphatic rings. The van der Waals surface area contributed by atoms with Crippen molar-refractivity contribution in [2.24, 2.45) is 5.92 Å². The fourth-order valence-electron chi connectivity index (χ4n) is 2.47. The number of carbonyl (C=O) groups excluding carboxylic acids is 1. The van der Waals surface area contributed by atoms with Gasteiger partial charge in [0.05, 0.1) is 12.8 Å². The topological polar surface area (TPSA) is 72.1 Å². The number of hydrogen-bond donors (Lipinski definition) is 2. The van der Waals surface area contributed by atoms with E-state index in [-0.39, 0.29) is 6.03 Å². The highest BCUT2D eigenvalue weighted by atomic mass is 16.3. The molecule has 0 unspecified atom stereocenters. The summed E-state index contributed by atoms with van der Waals surface area (Å²) in [6.45, 7) is 2.07. The van der Waals surface area contributed by atoms with Gasteiger partial charge in [-0.15, -0.1) is 0 Å². The molecule has 2 N–H and O–H groups in total. The van der Waals surface area contributed by atoms with Crippen molar-refractivity contribution in [3.8, 4) is 0 Å². The van der Waals surface area contributed by atoms with Crippen molar-refractivity contribution in [3.05, 3.63) is 42.4 Å². The van der Waals surface area contributed by atoms with Crippen LogP contribution < -0.4 is 10.6 Å². The maximum atomic E-state index is 11.7. The largest absolute Gasteiger partial charge is 0.467 e. The maximum Gasteiger partial charge on any atom is 0.315 e. The Morgan fingerprint density at radius 2 is 2.45 bits per heavy atom. The molecule has 6 heteroatoms. The Balaban J connectivity index is 1.40. The lowest BCUT2D eigenvalue weighted by Gasteiger charge is -2.23. The molecule has 0 fully saturated rings. The average molecular weight is 274 g/mol. The highest BCUT2D eigenvalue weighted by Crippen LogP contribution is 2.18. The zero-order valence-electron chi connectivity index (χ0n) is 11.2. The lowest BCUT2D eigenvalue weighted by Crippen LogP contribution is -2.39. The number of rotatable bonds is 4. The van der Waals surface area contributed by atoms with Gasteiger partial charge in [-0.3, -0.25) is 0 Å².